The number of benzene rings is 2. The zero-order chi connectivity index (χ0) is 22.3. The topological polar surface area (TPSA) is 56.2 Å². The minimum Gasteiger partial charge on any atom is -0.344 e. The molecule has 168 valence electrons. The molecule has 2 aromatic carbocycles. The van der Waals surface area contributed by atoms with Gasteiger partial charge in [-0.1, -0.05) is 36.4 Å². The Labute approximate surface area is 188 Å². The van der Waals surface area contributed by atoms with Gasteiger partial charge in [0.25, 0.3) is 0 Å². The molecule has 3 heterocycles. The molecule has 0 aliphatic carbocycles. The third-order valence-corrected chi connectivity index (χ3v) is 8.99. The normalized spacial score (nSPS) is 25.0. The third-order valence-electron chi connectivity index (χ3n) is 6.62. The third kappa shape index (κ3) is 3.82. The summed E-state index contributed by atoms with van der Waals surface area (Å²) in [5.41, 5.74) is 3.06. The van der Waals surface area contributed by atoms with Gasteiger partial charge in [0.1, 0.15) is 11.1 Å². The minimum atomic E-state index is -3.59. The average molecular weight is 455 g/mol. The average Bonchev–Trinajstić information content (AvgIpc) is 3.26. The van der Waals surface area contributed by atoms with E-state index in [1.165, 1.54) is 10.4 Å². The van der Waals surface area contributed by atoms with Crippen LogP contribution in [0.3, 0.4) is 0 Å². The molecule has 0 N–H and O–H groups in total. The highest BCUT2D eigenvalue weighted by Gasteiger charge is 2.40. The highest BCUT2D eigenvalue weighted by Crippen LogP contribution is 2.38. The first-order valence-corrected chi connectivity index (χ1v) is 12.5. The first-order chi connectivity index (χ1) is 15.4. The van der Waals surface area contributed by atoms with Crippen LogP contribution in [-0.4, -0.2) is 49.6 Å². The molecule has 1 fully saturated rings. The van der Waals surface area contributed by atoms with Crippen LogP contribution in [0.4, 0.5) is 10.1 Å². The van der Waals surface area contributed by atoms with E-state index in [1.54, 1.807) is 6.07 Å². The maximum absolute atomic E-state index is 15.1. The van der Waals surface area contributed by atoms with Gasteiger partial charge >= 0.3 is 0 Å². The van der Waals surface area contributed by atoms with Crippen molar-refractivity contribution in [2.45, 2.75) is 37.6 Å². The monoisotopic (exact) mass is 454 g/mol. The van der Waals surface area contributed by atoms with Crippen molar-refractivity contribution in [2.24, 2.45) is 4.99 Å². The number of aliphatic imine (C=N–C) groups is 1. The lowest BCUT2D eigenvalue weighted by Gasteiger charge is -2.37. The SMILES string of the molecule is CC1CCC(c2ccccc2)S(=O)(=O)N1Cc1ccc(N2C=C3CN=CN3CC2)cc1F. The first kappa shape index (κ1) is 21.2. The Morgan fingerprint density at radius 2 is 1.84 bits per heavy atom. The lowest BCUT2D eigenvalue weighted by atomic mass is 10.0. The van der Waals surface area contributed by atoms with Gasteiger partial charge in [-0.15, -0.1) is 0 Å². The van der Waals surface area contributed by atoms with Crippen LogP contribution in [0, 0.1) is 5.82 Å². The maximum atomic E-state index is 15.1. The molecule has 0 spiro atoms. The van der Waals surface area contributed by atoms with Crippen LogP contribution >= 0.6 is 0 Å². The molecule has 0 saturated carbocycles. The van der Waals surface area contributed by atoms with Crippen LogP contribution in [0.25, 0.3) is 0 Å². The fraction of sp³-hybridized carbons (Fsp3) is 0.375. The van der Waals surface area contributed by atoms with Gasteiger partial charge in [0.05, 0.1) is 18.6 Å². The Hall–Kier alpha value is -2.71. The van der Waals surface area contributed by atoms with Crippen LogP contribution in [0.1, 0.15) is 36.1 Å². The molecular weight excluding hydrogens is 427 g/mol. The van der Waals surface area contributed by atoms with Gasteiger partial charge in [-0.2, -0.15) is 4.31 Å². The molecule has 0 amide bonds. The number of nitrogens with zero attached hydrogens (tertiary/aromatic N) is 4. The molecule has 8 heteroatoms. The molecule has 6 nitrogen and oxygen atoms in total. The van der Waals surface area contributed by atoms with E-state index in [9.17, 15) is 8.42 Å². The zero-order valence-electron chi connectivity index (χ0n) is 18.1. The lowest BCUT2D eigenvalue weighted by molar-refractivity contribution is 0.279. The summed E-state index contributed by atoms with van der Waals surface area (Å²) < 4.78 is 43.5. The van der Waals surface area contributed by atoms with E-state index in [0.29, 0.717) is 18.5 Å². The summed E-state index contributed by atoms with van der Waals surface area (Å²) in [6, 6.07) is 14.2. The summed E-state index contributed by atoms with van der Waals surface area (Å²) in [5.74, 6) is -0.379. The second kappa shape index (κ2) is 8.33. The number of rotatable bonds is 4. The number of halogens is 1. The number of sulfonamides is 1. The number of hydrogen-bond donors (Lipinski definition) is 0. The number of hydrogen-bond acceptors (Lipinski definition) is 5. The molecule has 0 bridgehead atoms. The van der Waals surface area contributed by atoms with Crippen molar-refractivity contribution in [2.75, 3.05) is 24.5 Å². The van der Waals surface area contributed by atoms with Crippen molar-refractivity contribution in [3.05, 3.63) is 77.4 Å². The van der Waals surface area contributed by atoms with Gasteiger partial charge in [-0.05, 0) is 37.5 Å². The quantitative estimate of drug-likeness (QED) is 0.704. The minimum absolute atomic E-state index is 0.0433. The van der Waals surface area contributed by atoms with Crippen molar-refractivity contribution < 1.29 is 12.8 Å². The van der Waals surface area contributed by atoms with Gasteiger partial charge in [0, 0.05) is 43.1 Å². The maximum Gasteiger partial charge on any atom is 0.221 e. The Kier molecular flexibility index (Phi) is 5.51. The summed E-state index contributed by atoms with van der Waals surface area (Å²) in [7, 11) is -3.59. The van der Waals surface area contributed by atoms with E-state index < -0.39 is 15.3 Å². The fourth-order valence-electron chi connectivity index (χ4n) is 4.74. The molecule has 3 aliphatic rings. The first-order valence-electron chi connectivity index (χ1n) is 11.0. The molecule has 2 unspecified atom stereocenters. The van der Waals surface area contributed by atoms with Crippen molar-refractivity contribution in [1.29, 1.82) is 0 Å². The Morgan fingerprint density at radius 1 is 1.06 bits per heavy atom. The second-order valence-electron chi connectivity index (χ2n) is 8.65. The van der Waals surface area contributed by atoms with Crippen molar-refractivity contribution in [3.63, 3.8) is 0 Å². The van der Waals surface area contributed by atoms with Gasteiger partial charge in [0.2, 0.25) is 10.0 Å². The van der Waals surface area contributed by atoms with Crippen LogP contribution in [0.15, 0.2) is 65.4 Å². The molecule has 0 radical (unpaired) electrons. The molecule has 0 aromatic heterocycles. The van der Waals surface area contributed by atoms with E-state index >= 15 is 4.39 Å². The van der Waals surface area contributed by atoms with Gasteiger partial charge in [-0.25, -0.2) is 12.8 Å². The standard InChI is InChI=1S/C24H27FN4O2S/c1-18-7-10-24(19-5-3-2-4-6-19)32(30,31)29(18)15-20-8-9-21(13-23(20)25)27-11-12-28-17-26-14-22(28)16-27/h2-6,8-9,13,16-18,24H,7,10-12,14-15H2,1H3. The molecular formula is C24H27FN4O2S. The van der Waals surface area contributed by atoms with E-state index in [1.807, 2.05) is 60.8 Å². The van der Waals surface area contributed by atoms with E-state index in [-0.39, 0.29) is 18.4 Å². The van der Waals surface area contributed by atoms with Crippen LogP contribution in [0.2, 0.25) is 0 Å². The zero-order valence-corrected chi connectivity index (χ0v) is 18.9. The summed E-state index contributed by atoms with van der Waals surface area (Å²) >= 11 is 0. The Bertz CT molecular complexity index is 1170. The van der Waals surface area contributed by atoms with E-state index in [4.69, 9.17) is 0 Å². The molecule has 2 atom stereocenters. The molecule has 5 rings (SSSR count). The largest absolute Gasteiger partial charge is 0.344 e. The summed E-state index contributed by atoms with van der Waals surface area (Å²) in [4.78, 5) is 8.40. The number of fused-ring (bicyclic) bond motifs is 1. The second-order valence-corrected chi connectivity index (χ2v) is 10.7. The molecule has 3 aliphatic heterocycles. The number of anilines is 1. The highest BCUT2D eigenvalue weighted by atomic mass is 32.2. The predicted molar refractivity (Wildman–Crippen MR) is 124 cm³/mol. The summed E-state index contributed by atoms with van der Waals surface area (Å²) in [6.07, 6.45) is 5.18. The van der Waals surface area contributed by atoms with E-state index in [0.717, 1.165) is 36.5 Å². The van der Waals surface area contributed by atoms with E-state index in [2.05, 4.69) is 9.89 Å². The van der Waals surface area contributed by atoms with Crippen molar-refractivity contribution in [1.82, 2.24) is 9.21 Å². The molecule has 2 aromatic rings. The lowest BCUT2D eigenvalue weighted by Crippen LogP contribution is -2.44. The van der Waals surface area contributed by atoms with Gasteiger partial charge < -0.3 is 9.80 Å². The summed E-state index contributed by atoms with van der Waals surface area (Å²) in [5, 5.41) is -0.584. The Morgan fingerprint density at radius 3 is 2.62 bits per heavy atom. The van der Waals surface area contributed by atoms with Crippen molar-refractivity contribution >= 4 is 22.0 Å². The molecule has 1 saturated heterocycles. The summed E-state index contributed by atoms with van der Waals surface area (Å²) in [6.45, 7) is 4.14. The highest BCUT2D eigenvalue weighted by molar-refractivity contribution is 7.89. The van der Waals surface area contributed by atoms with Gasteiger partial charge in [-0.3, -0.25) is 4.99 Å². The van der Waals surface area contributed by atoms with Gasteiger partial charge in [0.15, 0.2) is 0 Å². The Balaban J connectivity index is 1.38. The smallest absolute Gasteiger partial charge is 0.221 e. The van der Waals surface area contributed by atoms with Crippen LogP contribution < -0.4 is 4.90 Å². The fourth-order valence-corrected chi connectivity index (χ4v) is 6.93. The van der Waals surface area contributed by atoms with Crippen LogP contribution in [0.5, 0.6) is 0 Å². The van der Waals surface area contributed by atoms with Crippen LogP contribution in [-0.2, 0) is 16.6 Å². The van der Waals surface area contributed by atoms with Crippen molar-refractivity contribution in [3.8, 4) is 0 Å². The predicted octanol–water partition coefficient (Wildman–Crippen LogP) is 3.89. The molecule has 32 heavy (non-hydrogen) atoms.